The van der Waals surface area contributed by atoms with Crippen LogP contribution in [-0.4, -0.2) is 27.6 Å². The Morgan fingerprint density at radius 3 is 2.47 bits per heavy atom. The number of aryl methyl sites for hydroxylation is 1. The zero-order chi connectivity index (χ0) is 14.2. The molecule has 0 aliphatic heterocycles. The van der Waals surface area contributed by atoms with E-state index < -0.39 is 16.9 Å². The minimum absolute atomic E-state index is 0.0490. The summed E-state index contributed by atoms with van der Waals surface area (Å²) < 4.78 is 7.59. The molecular weight excluding hydrogens is 248 g/mol. The number of ether oxygens (including phenoxy) is 1. The summed E-state index contributed by atoms with van der Waals surface area (Å²) in [5.41, 5.74) is -1.35. The molecule has 1 aliphatic rings. The van der Waals surface area contributed by atoms with E-state index in [0.29, 0.717) is 0 Å². The molecule has 19 heavy (non-hydrogen) atoms. The molecule has 0 amide bonds. The van der Waals surface area contributed by atoms with Gasteiger partial charge in [-0.25, -0.2) is 4.79 Å². The first-order valence-electron chi connectivity index (χ1n) is 6.25. The predicted molar refractivity (Wildman–Crippen MR) is 69.5 cm³/mol. The molecule has 1 heterocycles. The third-order valence-corrected chi connectivity index (χ3v) is 3.93. The summed E-state index contributed by atoms with van der Waals surface area (Å²) in [5.74, 6) is -0.266. The van der Waals surface area contributed by atoms with Crippen molar-refractivity contribution in [3.8, 4) is 0 Å². The van der Waals surface area contributed by atoms with E-state index in [2.05, 4.69) is 0 Å². The van der Waals surface area contributed by atoms with Crippen molar-refractivity contribution in [2.75, 3.05) is 7.11 Å². The first kappa shape index (κ1) is 13.7. The number of methoxy groups -OCH3 is 1. The van der Waals surface area contributed by atoms with Gasteiger partial charge in [0.1, 0.15) is 0 Å². The number of hydrogen-bond donors (Lipinski definition) is 0. The number of nitrogens with zero attached hydrogens (tertiary/aromatic N) is 2. The lowest BCUT2D eigenvalue weighted by Crippen LogP contribution is -2.44. The Hall–Kier alpha value is -1.69. The maximum Gasteiger partial charge on any atom is 0.330 e. The fourth-order valence-corrected chi connectivity index (χ4v) is 2.41. The second kappa shape index (κ2) is 4.77. The first-order valence-corrected chi connectivity index (χ1v) is 6.25. The molecule has 1 aromatic rings. The van der Waals surface area contributed by atoms with E-state index in [0.717, 1.165) is 23.8 Å². The lowest BCUT2D eigenvalue weighted by molar-refractivity contribution is -0.0705. The minimum Gasteiger partial charge on any atom is -0.378 e. The van der Waals surface area contributed by atoms with E-state index >= 15 is 0 Å². The van der Waals surface area contributed by atoms with Gasteiger partial charge in [-0.3, -0.25) is 14.2 Å². The molecule has 0 saturated heterocycles. The maximum absolute atomic E-state index is 12.2. The Morgan fingerprint density at radius 2 is 2.00 bits per heavy atom. The molecule has 0 unspecified atom stereocenters. The SMILES string of the molecule is COC1(CC(=O)c2cn(C)c(=O)n(C)c2=O)CCC1. The molecule has 0 N–H and O–H groups in total. The largest absolute Gasteiger partial charge is 0.378 e. The highest BCUT2D eigenvalue weighted by Gasteiger charge is 2.39. The van der Waals surface area contributed by atoms with E-state index in [9.17, 15) is 14.4 Å². The van der Waals surface area contributed by atoms with Gasteiger partial charge in [0, 0.05) is 33.8 Å². The monoisotopic (exact) mass is 266 g/mol. The molecule has 1 aliphatic carbocycles. The van der Waals surface area contributed by atoms with Gasteiger partial charge in [0.25, 0.3) is 5.56 Å². The number of Topliss-reactive ketones (excluding diaryl/α,β-unsaturated/α-hetero) is 1. The van der Waals surface area contributed by atoms with Crippen molar-refractivity contribution < 1.29 is 9.53 Å². The van der Waals surface area contributed by atoms with Crippen LogP contribution in [0.4, 0.5) is 0 Å². The number of hydrogen-bond acceptors (Lipinski definition) is 4. The minimum atomic E-state index is -0.543. The Kier molecular flexibility index (Phi) is 3.45. The van der Waals surface area contributed by atoms with Crippen LogP contribution in [0.2, 0.25) is 0 Å². The van der Waals surface area contributed by atoms with Crippen molar-refractivity contribution >= 4 is 5.78 Å². The smallest absolute Gasteiger partial charge is 0.330 e. The lowest BCUT2D eigenvalue weighted by Gasteiger charge is -2.39. The number of carbonyl (C=O) groups excluding carboxylic acids is 1. The van der Waals surface area contributed by atoms with Crippen molar-refractivity contribution in [2.24, 2.45) is 14.1 Å². The third-order valence-electron chi connectivity index (χ3n) is 3.93. The molecule has 0 spiro atoms. The molecule has 0 atom stereocenters. The molecule has 2 rings (SSSR count). The van der Waals surface area contributed by atoms with Gasteiger partial charge in [-0.1, -0.05) is 0 Å². The second-order valence-electron chi connectivity index (χ2n) is 5.14. The molecule has 0 radical (unpaired) electrons. The number of rotatable bonds is 4. The van der Waals surface area contributed by atoms with Crippen molar-refractivity contribution in [1.82, 2.24) is 9.13 Å². The molecule has 1 saturated carbocycles. The average Bonchev–Trinajstić information content (AvgIpc) is 2.35. The van der Waals surface area contributed by atoms with E-state index in [1.807, 2.05) is 0 Å². The zero-order valence-corrected chi connectivity index (χ0v) is 11.4. The van der Waals surface area contributed by atoms with Crippen molar-refractivity contribution in [3.05, 3.63) is 32.6 Å². The Morgan fingerprint density at radius 1 is 1.37 bits per heavy atom. The van der Waals surface area contributed by atoms with Gasteiger partial charge in [0.05, 0.1) is 11.2 Å². The first-order chi connectivity index (χ1) is 8.90. The fraction of sp³-hybridized carbons (Fsp3) is 0.615. The van der Waals surface area contributed by atoms with Crippen LogP contribution in [-0.2, 0) is 18.8 Å². The van der Waals surface area contributed by atoms with E-state index in [4.69, 9.17) is 4.74 Å². The lowest BCUT2D eigenvalue weighted by atomic mass is 9.76. The third kappa shape index (κ3) is 2.28. The Balaban J connectivity index is 2.35. The van der Waals surface area contributed by atoms with Crippen LogP contribution >= 0.6 is 0 Å². The molecule has 0 bridgehead atoms. The summed E-state index contributed by atoms with van der Waals surface area (Å²) in [6.45, 7) is 0. The normalized spacial score (nSPS) is 17.0. The maximum atomic E-state index is 12.2. The topological polar surface area (TPSA) is 70.3 Å². The average molecular weight is 266 g/mol. The van der Waals surface area contributed by atoms with E-state index in [1.165, 1.54) is 24.9 Å². The molecule has 1 aromatic heterocycles. The van der Waals surface area contributed by atoms with Crippen molar-refractivity contribution in [2.45, 2.75) is 31.3 Å². The summed E-state index contributed by atoms with van der Waals surface area (Å²) in [7, 11) is 4.48. The van der Waals surface area contributed by atoms with E-state index in [-0.39, 0.29) is 17.8 Å². The second-order valence-corrected chi connectivity index (χ2v) is 5.14. The molecule has 1 fully saturated rings. The van der Waals surface area contributed by atoms with Crippen molar-refractivity contribution in [1.29, 1.82) is 0 Å². The fourth-order valence-electron chi connectivity index (χ4n) is 2.41. The summed E-state index contributed by atoms with van der Waals surface area (Å²) in [6, 6.07) is 0. The molecule has 6 heteroatoms. The summed E-state index contributed by atoms with van der Waals surface area (Å²) in [6.07, 6.45) is 4.21. The molecule has 104 valence electrons. The Bertz CT molecular complexity index is 617. The van der Waals surface area contributed by atoms with Crippen LogP contribution in [0.25, 0.3) is 0 Å². The van der Waals surface area contributed by atoms with Crippen LogP contribution in [0.1, 0.15) is 36.0 Å². The molecule has 0 aromatic carbocycles. The van der Waals surface area contributed by atoms with Crippen molar-refractivity contribution in [3.63, 3.8) is 0 Å². The van der Waals surface area contributed by atoms with Gasteiger partial charge in [-0.05, 0) is 19.3 Å². The Labute approximate surface area is 110 Å². The van der Waals surface area contributed by atoms with Gasteiger partial charge in [-0.2, -0.15) is 0 Å². The number of carbonyl (C=O) groups is 1. The van der Waals surface area contributed by atoms with Gasteiger partial charge in [0.2, 0.25) is 0 Å². The highest BCUT2D eigenvalue weighted by Crippen LogP contribution is 2.38. The summed E-state index contributed by atoms with van der Waals surface area (Å²) in [4.78, 5) is 35.8. The van der Waals surface area contributed by atoms with Crippen LogP contribution in [0, 0.1) is 0 Å². The van der Waals surface area contributed by atoms with Crippen LogP contribution < -0.4 is 11.2 Å². The van der Waals surface area contributed by atoms with Crippen LogP contribution in [0.3, 0.4) is 0 Å². The highest BCUT2D eigenvalue weighted by molar-refractivity contribution is 5.96. The van der Waals surface area contributed by atoms with Gasteiger partial charge in [0.15, 0.2) is 5.78 Å². The number of aromatic nitrogens is 2. The summed E-state index contributed by atoms with van der Waals surface area (Å²) >= 11 is 0. The predicted octanol–water partition coefficient (Wildman–Crippen LogP) is 0.226. The van der Waals surface area contributed by atoms with Gasteiger partial charge >= 0.3 is 5.69 Å². The van der Waals surface area contributed by atoms with Gasteiger partial charge in [-0.15, -0.1) is 0 Å². The van der Waals surface area contributed by atoms with E-state index in [1.54, 1.807) is 7.11 Å². The summed E-state index contributed by atoms with van der Waals surface area (Å²) in [5, 5.41) is 0. The molecule has 6 nitrogen and oxygen atoms in total. The van der Waals surface area contributed by atoms with Crippen LogP contribution in [0.5, 0.6) is 0 Å². The quantitative estimate of drug-likeness (QED) is 0.731. The van der Waals surface area contributed by atoms with Crippen LogP contribution in [0.15, 0.2) is 15.8 Å². The zero-order valence-electron chi connectivity index (χ0n) is 11.4. The number of ketones is 1. The highest BCUT2D eigenvalue weighted by atomic mass is 16.5. The van der Waals surface area contributed by atoms with Gasteiger partial charge < -0.3 is 9.30 Å². The standard InChI is InChI=1S/C13H18N2O4/c1-14-8-9(11(17)15(2)12(14)18)10(16)7-13(19-3)5-4-6-13/h8H,4-7H2,1-3H3. The molecular formula is C13H18N2O4.